The molecule has 1 aliphatic heterocycles. The van der Waals surface area contributed by atoms with E-state index in [1.54, 1.807) is 12.3 Å². The predicted molar refractivity (Wildman–Crippen MR) is 135 cm³/mol. The fraction of sp³-hybridized carbons (Fsp3) is 0.207. The number of nitriles is 1. The Morgan fingerprint density at radius 3 is 2.49 bits per heavy atom. The molecule has 6 heteroatoms. The average molecular weight is 463 g/mol. The maximum absolute atomic E-state index is 9.54. The second kappa shape index (κ2) is 10.8. The molecule has 0 saturated carbocycles. The minimum Gasteiger partial charge on any atom is -0.489 e. The zero-order valence-corrected chi connectivity index (χ0v) is 19.4. The van der Waals surface area contributed by atoms with Gasteiger partial charge in [0.2, 0.25) is 0 Å². The summed E-state index contributed by atoms with van der Waals surface area (Å²) in [5, 5.41) is 9.54. The van der Waals surface area contributed by atoms with Crippen molar-refractivity contribution in [2.24, 2.45) is 0 Å². The summed E-state index contributed by atoms with van der Waals surface area (Å²) in [6, 6.07) is 28.1. The van der Waals surface area contributed by atoms with Gasteiger partial charge in [0.05, 0.1) is 30.5 Å². The van der Waals surface area contributed by atoms with Gasteiger partial charge in [-0.05, 0) is 47.5 Å². The Kier molecular flexibility index (Phi) is 6.97. The first kappa shape index (κ1) is 22.6. The Hall–Kier alpha value is -4.21. The molecule has 174 valence electrons. The van der Waals surface area contributed by atoms with Crippen LogP contribution in [-0.4, -0.2) is 36.3 Å². The third kappa shape index (κ3) is 5.84. The largest absolute Gasteiger partial charge is 0.489 e. The normalized spacial score (nSPS) is 13.3. The van der Waals surface area contributed by atoms with Gasteiger partial charge >= 0.3 is 0 Å². The van der Waals surface area contributed by atoms with Crippen LogP contribution < -0.4 is 9.64 Å². The number of ether oxygens (including phenoxy) is 2. The summed E-state index contributed by atoms with van der Waals surface area (Å²) < 4.78 is 11.4. The van der Waals surface area contributed by atoms with E-state index in [0.717, 1.165) is 54.5 Å². The second-order valence-electron chi connectivity index (χ2n) is 8.43. The zero-order valence-electron chi connectivity index (χ0n) is 19.4. The number of hydrogen-bond donors (Lipinski definition) is 0. The first-order valence-electron chi connectivity index (χ1n) is 11.7. The highest BCUT2D eigenvalue weighted by Gasteiger charge is 2.12. The van der Waals surface area contributed by atoms with Gasteiger partial charge in [-0.3, -0.25) is 0 Å². The fourth-order valence-corrected chi connectivity index (χ4v) is 4.11. The van der Waals surface area contributed by atoms with Crippen molar-refractivity contribution in [3.63, 3.8) is 0 Å². The van der Waals surface area contributed by atoms with Crippen LogP contribution >= 0.6 is 0 Å². The molecule has 0 aliphatic carbocycles. The first-order chi connectivity index (χ1) is 17.3. The van der Waals surface area contributed by atoms with Gasteiger partial charge in [0, 0.05) is 37.0 Å². The highest BCUT2D eigenvalue weighted by Crippen LogP contribution is 2.26. The molecule has 0 bridgehead atoms. The van der Waals surface area contributed by atoms with Crippen molar-refractivity contribution in [2.75, 3.05) is 31.2 Å². The van der Waals surface area contributed by atoms with Crippen LogP contribution in [0.5, 0.6) is 5.75 Å². The lowest BCUT2D eigenvalue weighted by Gasteiger charge is -2.28. The van der Waals surface area contributed by atoms with E-state index >= 15 is 0 Å². The zero-order chi connectivity index (χ0) is 23.9. The minimum absolute atomic E-state index is 0.435. The van der Waals surface area contributed by atoms with E-state index in [1.807, 2.05) is 48.5 Å². The smallest absolute Gasteiger partial charge is 0.133 e. The molecule has 1 saturated heterocycles. The maximum atomic E-state index is 9.54. The monoisotopic (exact) mass is 462 g/mol. The van der Waals surface area contributed by atoms with Gasteiger partial charge in [-0.2, -0.15) is 5.26 Å². The molecule has 0 spiro atoms. The second-order valence-corrected chi connectivity index (χ2v) is 8.43. The van der Waals surface area contributed by atoms with Gasteiger partial charge in [0.15, 0.2) is 0 Å². The molecule has 1 fully saturated rings. The van der Waals surface area contributed by atoms with Gasteiger partial charge in [0.1, 0.15) is 18.2 Å². The van der Waals surface area contributed by atoms with Crippen LogP contribution in [0, 0.1) is 11.3 Å². The Morgan fingerprint density at radius 2 is 1.71 bits per heavy atom. The standard InChI is InChI=1S/C29H26N4O2/c30-20-24-16-25(19-27(17-24)35-21-23-4-2-1-3-5-23)28-10-11-31-29(32-28)18-22-6-8-26(9-7-22)33-12-14-34-15-13-33/h1-11,16-17,19H,12-15,18,21H2. The molecule has 0 amide bonds. The molecular formula is C29H26N4O2. The van der Waals surface area contributed by atoms with Crippen molar-refractivity contribution in [2.45, 2.75) is 13.0 Å². The lowest BCUT2D eigenvalue weighted by molar-refractivity contribution is 0.122. The molecule has 6 nitrogen and oxygen atoms in total. The topological polar surface area (TPSA) is 71.3 Å². The number of benzene rings is 3. The number of anilines is 1. The first-order valence-corrected chi connectivity index (χ1v) is 11.7. The lowest BCUT2D eigenvalue weighted by atomic mass is 10.1. The van der Waals surface area contributed by atoms with Crippen LogP contribution in [-0.2, 0) is 17.8 Å². The van der Waals surface area contributed by atoms with E-state index in [1.165, 1.54) is 5.69 Å². The minimum atomic E-state index is 0.435. The van der Waals surface area contributed by atoms with Crippen molar-refractivity contribution in [1.82, 2.24) is 9.97 Å². The molecule has 0 radical (unpaired) electrons. The quantitative estimate of drug-likeness (QED) is 0.384. The molecule has 5 rings (SSSR count). The molecule has 1 aliphatic rings. The van der Waals surface area contributed by atoms with Crippen LogP contribution in [0.2, 0.25) is 0 Å². The van der Waals surface area contributed by atoms with Gasteiger partial charge in [-0.25, -0.2) is 9.97 Å². The number of aromatic nitrogens is 2. The Morgan fingerprint density at radius 1 is 0.914 bits per heavy atom. The third-order valence-electron chi connectivity index (χ3n) is 5.96. The van der Waals surface area contributed by atoms with Gasteiger partial charge in [-0.15, -0.1) is 0 Å². The van der Waals surface area contributed by atoms with Crippen LogP contribution in [0.4, 0.5) is 5.69 Å². The summed E-state index contributed by atoms with van der Waals surface area (Å²) in [4.78, 5) is 11.6. The van der Waals surface area contributed by atoms with E-state index in [9.17, 15) is 5.26 Å². The van der Waals surface area contributed by atoms with Crippen LogP contribution in [0.3, 0.4) is 0 Å². The molecule has 0 atom stereocenters. The number of hydrogen-bond acceptors (Lipinski definition) is 6. The fourth-order valence-electron chi connectivity index (χ4n) is 4.11. The van der Waals surface area contributed by atoms with E-state index in [-0.39, 0.29) is 0 Å². The van der Waals surface area contributed by atoms with Gasteiger partial charge in [-0.1, -0.05) is 42.5 Å². The molecule has 3 aromatic carbocycles. The lowest BCUT2D eigenvalue weighted by Crippen LogP contribution is -2.36. The van der Waals surface area contributed by atoms with E-state index in [4.69, 9.17) is 14.5 Å². The number of morpholine rings is 1. The number of nitrogens with zero attached hydrogens (tertiary/aromatic N) is 4. The van der Waals surface area contributed by atoms with Crippen molar-refractivity contribution >= 4 is 5.69 Å². The molecule has 0 N–H and O–H groups in total. The van der Waals surface area contributed by atoms with Crippen molar-refractivity contribution < 1.29 is 9.47 Å². The van der Waals surface area contributed by atoms with Gasteiger partial charge < -0.3 is 14.4 Å². The molecule has 1 aromatic heterocycles. The summed E-state index contributed by atoms with van der Waals surface area (Å²) in [5.74, 6) is 1.37. The highest BCUT2D eigenvalue weighted by atomic mass is 16.5. The maximum Gasteiger partial charge on any atom is 0.133 e. The molecule has 2 heterocycles. The summed E-state index contributed by atoms with van der Waals surface area (Å²) in [7, 11) is 0. The third-order valence-corrected chi connectivity index (χ3v) is 5.96. The Labute approximate surface area is 205 Å². The molecule has 4 aromatic rings. The van der Waals surface area contributed by atoms with Crippen molar-refractivity contribution in [1.29, 1.82) is 5.26 Å². The number of rotatable bonds is 7. The Balaban J connectivity index is 1.32. The van der Waals surface area contributed by atoms with Crippen LogP contribution in [0.25, 0.3) is 11.3 Å². The summed E-state index contributed by atoms with van der Waals surface area (Å²) in [6.07, 6.45) is 2.40. The van der Waals surface area contributed by atoms with Crippen molar-refractivity contribution in [3.8, 4) is 23.1 Å². The average Bonchev–Trinajstić information content (AvgIpc) is 2.93. The van der Waals surface area contributed by atoms with Gasteiger partial charge in [0.25, 0.3) is 0 Å². The highest BCUT2D eigenvalue weighted by molar-refractivity contribution is 5.64. The Bertz CT molecular complexity index is 1310. The predicted octanol–water partition coefficient (Wildman–Crippen LogP) is 5.02. The van der Waals surface area contributed by atoms with E-state index < -0.39 is 0 Å². The molecular weight excluding hydrogens is 436 g/mol. The van der Waals surface area contributed by atoms with Crippen LogP contribution in [0.1, 0.15) is 22.5 Å². The van der Waals surface area contributed by atoms with E-state index in [0.29, 0.717) is 24.3 Å². The van der Waals surface area contributed by atoms with E-state index in [2.05, 4.69) is 40.2 Å². The molecule has 35 heavy (non-hydrogen) atoms. The summed E-state index contributed by atoms with van der Waals surface area (Å²) in [6.45, 7) is 3.82. The van der Waals surface area contributed by atoms with Crippen molar-refractivity contribution in [3.05, 3.63) is 108 Å². The van der Waals surface area contributed by atoms with Crippen LogP contribution in [0.15, 0.2) is 85.1 Å². The summed E-state index contributed by atoms with van der Waals surface area (Å²) in [5.41, 5.74) is 5.56. The molecule has 0 unspecified atom stereocenters. The summed E-state index contributed by atoms with van der Waals surface area (Å²) >= 11 is 0. The SMILES string of the molecule is N#Cc1cc(OCc2ccccc2)cc(-c2ccnc(Cc3ccc(N4CCOCC4)cc3)n2)c1.